The Balaban J connectivity index is 1.44. The molecule has 2 aromatic rings. The van der Waals surface area contributed by atoms with E-state index in [0.29, 0.717) is 0 Å². The molecule has 1 aliphatic carbocycles. The first kappa shape index (κ1) is 12.4. The third-order valence-electron chi connectivity index (χ3n) is 3.33. The predicted octanol–water partition coefficient (Wildman–Crippen LogP) is 2.15. The first-order chi connectivity index (χ1) is 9.40. The van der Waals surface area contributed by atoms with Crippen LogP contribution in [-0.4, -0.2) is 22.8 Å². The van der Waals surface area contributed by atoms with E-state index < -0.39 is 0 Å². The molecule has 1 saturated carbocycles. The van der Waals surface area contributed by atoms with Crippen LogP contribution in [-0.2, 0) is 19.3 Å². The van der Waals surface area contributed by atoms with Crippen molar-refractivity contribution in [3.8, 4) is 0 Å². The van der Waals surface area contributed by atoms with E-state index in [1.807, 2.05) is 6.07 Å². The number of aromatic nitrogens is 2. The topological polar surface area (TPSA) is 51.0 Å². The Morgan fingerprint density at radius 1 is 1.00 bits per heavy atom. The van der Waals surface area contributed by atoms with Crippen LogP contribution in [0.25, 0.3) is 0 Å². The van der Waals surface area contributed by atoms with Gasteiger partial charge in [-0.25, -0.2) is 0 Å². The Hall–Kier alpha value is -1.68. The van der Waals surface area contributed by atoms with Crippen molar-refractivity contribution in [1.82, 2.24) is 15.5 Å². The molecule has 3 rings (SSSR count). The molecule has 0 spiro atoms. The molecule has 1 aliphatic rings. The fourth-order valence-electron chi connectivity index (χ4n) is 2.06. The first-order valence-corrected chi connectivity index (χ1v) is 6.99. The molecule has 4 heteroatoms. The lowest BCUT2D eigenvalue weighted by molar-refractivity contribution is 0.443. The van der Waals surface area contributed by atoms with E-state index in [1.165, 1.54) is 18.4 Å². The second-order valence-electron chi connectivity index (χ2n) is 5.05. The van der Waals surface area contributed by atoms with Gasteiger partial charge in [-0.15, -0.1) is 10.2 Å². The molecule has 0 atom stereocenters. The summed E-state index contributed by atoms with van der Waals surface area (Å²) in [4.78, 5) is 0. The van der Waals surface area contributed by atoms with Crippen molar-refractivity contribution < 1.29 is 4.42 Å². The second kappa shape index (κ2) is 5.97. The zero-order chi connectivity index (χ0) is 12.9. The molecule has 1 N–H and O–H groups in total. The van der Waals surface area contributed by atoms with Gasteiger partial charge in [0, 0.05) is 25.4 Å². The molecule has 4 nitrogen and oxygen atoms in total. The van der Waals surface area contributed by atoms with Crippen LogP contribution in [0.4, 0.5) is 0 Å². The number of nitrogens with one attached hydrogen (secondary N) is 1. The first-order valence-electron chi connectivity index (χ1n) is 6.99. The van der Waals surface area contributed by atoms with E-state index in [1.54, 1.807) is 0 Å². The molecular weight excluding hydrogens is 238 g/mol. The lowest BCUT2D eigenvalue weighted by atomic mass is 10.1. The van der Waals surface area contributed by atoms with Crippen LogP contribution < -0.4 is 5.32 Å². The fraction of sp³-hybridized carbons (Fsp3) is 0.467. The monoisotopic (exact) mass is 257 g/mol. The number of hydrogen-bond acceptors (Lipinski definition) is 4. The Kier molecular flexibility index (Phi) is 3.89. The van der Waals surface area contributed by atoms with Gasteiger partial charge in [-0.2, -0.15) is 0 Å². The van der Waals surface area contributed by atoms with Gasteiger partial charge in [-0.3, -0.25) is 0 Å². The highest BCUT2D eigenvalue weighted by Gasteiger charge is 2.20. The predicted molar refractivity (Wildman–Crippen MR) is 72.9 cm³/mol. The van der Waals surface area contributed by atoms with Crippen LogP contribution in [0.5, 0.6) is 0 Å². The van der Waals surface area contributed by atoms with E-state index in [9.17, 15) is 0 Å². The highest BCUT2D eigenvalue weighted by atomic mass is 16.4. The summed E-state index contributed by atoms with van der Waals surface area (Å²) in [5.41, 5.74) is 1.30. The zero-order valence-corrected chi connectivity index (χ0v) is 11.0. The van der Waals surface area contributed by atoms with Crippen LogP contribution in [0.3, 0.4) is 0 Å². The maximum atomic E-state index is 5.65. The van der Waals surface area contributed by atoms with Gasteiger partial charge in [0.25, 0.3) is 0 Å². The summed E-state index contributed by atoms with van der Waals surface area (Å²) >= 11 is 0. The van der Waals surface area contributed by atoms with E-state index in [-0.39, 0.29) is 0 Å². The molecule has 0 radical (unpaired) electrons. The third-order valence-corrected chi connectivity index (χ3v) is 3.33. The van der Waals surface area contributed by atoms with Gasteiger partial charge in [0.05, 0.1) is 0 Å². The maximum absolute atomic E-state index is 5.65. The fourth-order valence-corrected chi connectivity index (χ4v) is 2.06. The van der Waals surface area contributed by atoms with Crippen molar-refractivity contribution in [1.29, 1.82) is 0 Å². The summed E-state index contributed by atoms with van der Waals surface area (Å²) in [7, 11) is 0. The molecule has 0 unspecified atom stereocenters. The average molecular weight is 257 g/mol. The molecule has 1 heterocycles. The molecular formula is C15H19N3O. The Morgan fingerprint density at radius 3 is 2.47 bits per heavy atom. The van der Waals surface area contributed by atoms with Crippen LogP contribution in [0.2, 0.25) is 0 Å². The minimum Gasteiger partial charge on any atom is -0.425 e. The highest BCUT2D eigenvalue weighted by Crippen LogP contribution is 2.18. The Labute approximate surface area is 113 Å². The van der Waals surface area contributed by atoms with Crippen LogP contribution in [0, 0.1) is 0 Å². The average Bonchev–Trinajstić information content (AvgIpc) is 3.16. The van der Waals surface area contributed by atoms with Gasteiger partial charge in [0.15, 0.2) is 0 Å². The summed E-state index contributed by atoms with van der Waals surface area (Å²) < 4.78 is 5.65. The van der Waals surface area contributed by atoms with Crippen LogP contribution in [0.1, 0.15) is 30.2 Å². The van der Waals surface area contributed by atoms with Gasteiger partial charge in [-0.05, 0) is 24.8 Å². The number of nitrogens with zero attached hydrogens (tertiary/aromatic N) is 2. The maximum Gasteiger partial charge on any atom is 0.217 e. The number of benzene rings is 1. The smallest absolute Gasteiger partial charge is 0.217 e. The Bertz CT molecular complexity index is 505. The molecule has 100 valence electrons. The SMILES string of the molecule is c1ccc(CCc2nnc(CCNC3CC3)o2)cc1. The number of rotatable bonds is 7. The van der Waals surface area contributed by atoms with Crippen molar-refractivity contribution >= 4 is 0 Å². The van der Waals surface area contributed by atoms with Gasteiger partial charge in [0.2, 0.25) is 11.8 Å². The summed E-state index contributed by atoms with van der Waals surface area (Å²) in [5.74, 6) is 1.49. The van der Waals surface area contributed by atoms with Crippen LogP contribution in [0.15, 0.2) is 34.7 Å². The minimum atomic E-state index is 0.737. The molecule has 0 saturated heterocycles. The molecule has 0 aliphatic heterocycles. The van der Waals surface area contributed by atoms with Crippen molar-refractivity contribution in [2.45, 2.75) is 38.1 Å². The van der Waals surface area contributed by atoms with E-state index in [4.69, 9.17) is 4.42 Å². The van der Waals surface area contributed by atoms with E-state index in [2.05, 4.69) is 39.8 Å². The van der Waals surface area contributed by atoms with Crippen LogP contribution >= 0.6 is 0 Å². The second-order valence-corrected chi connectivity index (χ2v) is 5.05. The van der Waals surface area contributed by atoms with Gasteiger partial charge < -0.3 is 9.73 Å². The molecule has 19 heavy (non-hydrogen) atoms. The molecule has 1 aromatic heterocycles. The van der Waals surface area contributed by atoms with Crippen molar-refractivity contribution in [2.75, 3.05) is 6.54 Å². The Morgan fingerprint density at radius 2 is 1.74 bits per heavy atom. The number of aryl methyl sites for hydroxylation is 2. The third kappa shape index (κ3) is 3.89. The summed E-state index contributed by atoms with van der Waals surface area (Å²) in [5, 5.41) is 11.6. The molecule has 0 amide bonds. The van der Waals surface area contributed by atoms with Crippen molar-refractivity contribution in [2.24, 2.45) is 0 Å². The van der Waals surface area contributed by atoms with Gasteiger partial charge in [0.1, 0.15) is 0 Å². The van der Waals surface area contributed by atoms with Gasteiger partial charge >= 0.3 is 0 Å². The molecule has 1 aromatic carbocycles. The van der Waals surface area contributed by atoms with E-state index in [0.717, 1.165) is 43.6 Å². The largest absolute Gasteiger partial charge is 0.425 e. The van der Waals surface area contributed by atoms with Crippen molar-refractivity contribution in [3.63, 3.8) is 0 Å². The molecule has 1 fully saturated rings. The summed E-state index contributed by atoms with van der Waals surface area (Å²) in [6, 6.07) is 11.1. The quantitative estimate of drug-likeness (QED) is 0.825. The lowest BCUT2D eigenvalue weighted by Crippen LogP contribution is -2.19. The zero-order valence-electron chi connectivity index (χ0n) is 11.0. The number of hydrogen-bond donors (Lipinski definition) is 1. The van der Waals surface area contributed by atoms with Gasteiger partial charge in [-0.1, -0.05) is 30.3 Å². The summed E-state index contributed by atoms with van der Waals surface area (Å²) in [6.45, 7) is 0.936. The molecule has 0 bridgehead atoms. The standard InChI is InChI=1S/C15H19N3O/c1-2-4-12(5-3-1)6-9-14-17-18-15(19-14)10-11-16-13-7-8-13/h1-5,13,16H,6-11H2. The normalized spacial score (nSPS) is 14.7. The highest BCUT2D eigenvalue weighted by molar-refractivity contribution is 5.15. The lowest BCUT2D eigenvalue weighted by Gasteiger charge is -1.98. The van der Waals surface area contributed by atoms with E-state index >= 15 is 0 Å². The minimum absolute atomic E-state index is 0.737. The summed E-state index contributed by atoms with van der Waals surface area (Å²) in [6.07, 6.45) is 5.21. The van der Waals surface area contributed by atoms with Crippen molar-refractivity contribution in [3.05, 3.63) is 47.7 Å².